The van der Waals surface area contributed by atoms with E-state index in [1.807, 2.05) is 45.9 Å². The number of aryl methyl sites for hydroxylation is 1. The first-order valence-electron chi connectivity index (χ1n) is 11.9. The summed E-state index contributed by atoms with van der Waals surface area (Å²) in [5.41, 5.74) is 11.7. The van der Waals surface area contributed by atoms with E-state index in [0.29, 0.717) is 29.2 Å². The minimum absolute atomic E-state index is 0.269. The van der Waals surface area contributed by atoms with E-state index < -0.39 is 17.6 Å². The molecule has 0 atom stereocenters. The van der Waals surface area contributed by atoms with Crippen LogP contribution in [0.2, 0.25) is 0 Å². The van der Waals surface area contributed by atoms with Gasteiger partial charge in [0.25, 0.3) is 0 Å². The first-order chi connectivity index (χ1) is 16.4. The normalized spacial score (nSPS) is 11.4. The molecule has 0 unspecified atom stereocenters. The molecule has 0 saturated heterocycles. The van der Waals surface area contributed by atoms with Gasteiger partial charge in [0.1, 0.15) is 5.60 Å². The number of pyridine rings is 1. The number of nitrogens with zero attached hydrogens (tertiary/aromatic N) is 1. The Bertz CT molecular complexity index is 1210. The van der Waals surface area contributed by atoms with Crippen LogP contribution in [0.15, 0.2) is 54.6 Å². The van der Waals surface area contributed by atoms with Crippen molar-refractivity contribution in [2.45, 2.75) is 60.1 Å². The number of hydrogen-bond donors (Lipinski definition) is 2. The zero-order chi connectivity index (χ0) is 25.8. The second-order valence-electron chi connectivity index (χ2n) is 10.2. The number of ether oxygens (including phenoxy) is 1. The summed E-state index contributed by atoms with van der Waals surface area (Å²) >= 11 is 0. The van der Waals surface area contributed by atoms with Crippen LogP contribution < -0.4 is 11.1 Å². The molecule has 1 aromatic heterocycles. The highest BCUT2D eigenvalue weighted by atomic mass is 16.6. The zero-order valence-electron chi connectivity index (χ0n) is 21.4. The predicted octanol–water partition coefficient (Wildman–Crippen LogP) is 6.05. The molecule has 35 heavy (non-hydrogen) atoms. The largest absolute Gasteiger partial charge is 0.444 e. The topological polar surface area (TPSA) is 94.3 Å². The first kappa shape index (κ1) is 25.9. The molecule has 3 aromatic rings. The lowest BCUT2D eigenvalue weighted by molar-refractivity contribution is 0.0523. The molecule has 2 aromatic carbocycles. The Morgan fingerprint density at radius 2 is 1.69 bits per heavy atom. The van der Waals surface area contributed by atoms with E-state index in [1.165, 1.54) is 0 Å². The number of nitrogens with two attached hydrogens (primary N) is 1. The monoisotopic (exact) mass is 473 g/mol. The number of primary amides is 1. The Labute approximate surface area is 207 Å². The number of aromatic nitrogens is 1. The molecular formula is C29H35N3O3. The maximum absolute atomic E-state index is 12.5. The van der Waals surface area contributed by atoms with Gasteiger partial charge in [0.2, 0.25) is 5.91 Å². The highest BCUT2D eigenvalue weighted by Crippen LogP contribution is 2.33. The van der Waals surface area contributed by atoms with Crippen LogP contribution in [0.3, 0.4) is 0 Å². The summed E-state index contributed by atoms with van der Waals surface area (Å²) in [6.45, 7) is 12.1. The number of benzene rings is 2. The van der Waals surface area contributed by atoms with E-state index in [0.717, 1.165) is 27.9 Å². The van der Waals surface area contributed by atoms with Crippen LogP contribution in [0.25, 0.3) is 22.4 Å². The van der Waals surface area contributed by atoms with Crippen molar-refractivity contribution in [3.8, 4) is 22.4 Å². The lowest BCUT2D eigenvalue weighted by atomic mass is 9.92. The molecule has 3 N–H and O–H groups in total. The highest BCUT2D eigenvalue weighted by molar-refractivity contribution is 5.99. The maximum atomic E-state index is 12.5. The smallest absolute Gasteiger partial charge is 0.407 e. The van der Waals surface area contributed by atoms with Gasteiger partial charge >= 0.3 is 6.09 Å². The molecule has 2 amide bonds. The van der Waals surface area contributed by atoms with Crippen LogP contribution in [0.1, 0.15) is 61.8 Å². The van der Waals surface area contributed by atoms with Gasteiger partial charge in [-0.15, -0.1) is 0 Å². The molecule has 6 heteroatoms. The number of hydrogen-bond acceptors (Lipinski definition) is 4. The summed E-state index contributed by atoms with van der Waals surface area (Å²) in [6.07, 6.45) is 0.225. The van der Waals surface area contributed by atoms with E-state index in [4.69, 9.17) is 15.5 Å². The molecule has 6 nitrogen and oxygen atoms in total. The second-order valence-corrected chi connectivity index (χ2v) is 10.2. The highest BCUT2D eigenvalue weighted by Gasteiger charge is 2.21. The fourth-order valence-corrected chi connectivity index (χ4v) is 3.90. The summed E-state index contributed by atoms with van der Waals surface area (Å²) < 4.78 is 5.46. The van der Waals surface area contributed by atoms with E-state index in [1.54, 1.807) is 12.1 Å². The van der Waals surface area contributed by atoms with Crippen LogP contribution in [-0.2, 0) is 17.7 Å². The summed E-state index contributed by atoms with van der Waals surface area (Å²) in [7, 11) is 0. The number of carbonyl (C=O) groups excluding carboxylic acids is 2. The number of carbonyl (C=O) groups is 2. The Morgan fingerprint density at radius 3 is 2.29 bits per heavy atom. The fraction of sp³-hybridized carbons (Fsp3) is 0.345. The van der Waals surface area contributed by atoms with Gasteiger partial charge in [0.15, 0.2) is 0 Å². The minimum Gasteiger partial charge on any atom is -0.444 e. The van der Waals surface area contributed by atoms with Crippen molar-refractivity contribution in [2.75, 3.05) is 0 Å². The van der Waals surface area contributed by atoms with Crippen LogP contribution in [-0.4, -0.2) is 22.6 Å². The van der Waals surface area contributed by atoms with Crippen molar-refractivity contribution in [1.82, 2.24) is 10.3 Å². The van der Waals surface area contributed by atoms with Crippen molar-refractivity contribution in [2.24, 2.45) is 11.7 Å². The lowest BCUT2D eigenvalue weighted by Gasteiger charge is -2.22. The van der Waals surface area contributed by atoms with Gasteiger partial charge in [-0.1, -0.05) is 61.9 Å². The molecule has 1 heterocycles. The Kier molecular flexibility index (Phi) is 7.95. The van der Waals surface area contributed by atoms with Crippen LogP contribution in [0.4, 0.5) is 4.79 Å². The van der Waals surface area contributed by atoms with E-state index in [9.17, 15) is 9.59 Å². The summed E-state index contributed by atoms with van der Waals surface area (Å²) in [4.78, 5) is 29.6. The van der Waals surface area contributed by atoms with Gasteiger partial charge in [-0.05, 0) is 63.3 Å². The van der Waals surface area contributed by atoms with Gasteiger partial charge in [-0.25, -0.2) is 4.79 Å². The Balaban J connectivity index is 2.19. The average molecular weight is 474 g/mol. The van der Waals surface area contributed by atoms with Gasteiger partial charge < -0.3 is 15.8 Å². The van der Waals surface area contributed by atoms with Gasteiger partial charge in [-0.3, -0.25) is 9.78 Å². The van der Waals surface area contributed by atoms with Crippen LogP contribution in [0.5, 0.6) is 0 Å². The summed E-state index contributed by atoms with van der Waals surface area (Å²) in [5.74, 6) is -0.171. The number of rotatable bonds is 7. The van der Waals surface area contributed by atoms with Crippen molar-refractivity contribution >= 4 is 12.0 Å². The van der Waals surface area contributed by atoms with Crippen LogP contribution >= 0.6 is 0 Å². The fourth-order valence-electron chi connectivity index (χ4n) is 3.90. The number of amides is 2. The first-order valence-corrected chi connectivity index (χ1v) is 11.9. The lowest BCUT2D eigenvalue weighted by Crippen LogP contribution is -2.32. The summed E-state index contributed by atoms with van der Waals surface area (Å²) in [5, 5.41) is 2.90. The Morgan fingerprint density at radius 1 is 1.03 bits per heavy atom. The Hall–Kier alpha value is -3.67. The molecule has 184 valence electrons. The molecule has 0 radical (unpaired) electrons. The van der Waals surface area contributed by atoms with E-state index in [2.05, 4.69) is 43.4 Å². The van der Waals surface area contributed by atoms with Crippen molar-refractivity contribution in [1.29, 1.82) is 0 Å². The second kappa shape index (κ2) is 10.7. The molecule has 0 aliphatic heterocycles. The zero-order valence-corrected chi connectivity index (χ0v) is 21.4. The quantitative estimate of drug-likeness (QED) is 0.437. The third-order valence-corrected chi connectivity index (χ3v) is 5.45. The molecule has 0 saturated carbocycles. The van der Waals surface area contributed by atoms with Gasteiger partial charge in [0.05, 0.1) is 5.69 Å². The maximum Gasteiger partial charge on any atom is 0.407 e. The van der Waals surface area contributed by atoms with E-state index >= 15 is 0 Å². The van der Waals surface area contributed by atoms with E-state index in [-0.39, 0.29) is 6.54 Å². The molecule has 0 aliphatic rings. The predicted molar refractivity (Wildman–Crippen MR) is 140 cm³/mol. The number of alkyl carbamates (subject to hydrolysis) is 1. The third kappa shape index (κ3) is 6.92. The standard InChI is InChI=1S/C29H35N3O3/c1-18(2)15-25-24(17-31-28(34)35-29(4,5)6)23(20-13-11-19(3)12-14-20)16-26(32-25)21-9-7-8-10-22(21)27(30)33/h7-14,16,18H,15,17H2,1-6H3,(H2,30,33)(H,31,34). The van der Waals surface area contributed by atoms with Crippen molar-refractivity contribution < 1.29 is 14.3 Å². The van der Waals surface area contributed by atoms with Gasteiger partial charge in [-0.2, -0.15) is 0 Å². The number of nitrogens with one attached hydrogen (secondary N) is 1. The van der Waals surface area contributed by atoms with Crippen molar-refractivity contribution in [3.05, 3.63) is 77.0 Å². The molecule has 0 spiro atoms. The SMILES string of the molecule is Cc1ccc(-c2cc(-c3ccccc3C(N)=O)nc(CC(C)C)c2CNC(=O)OC(C)(C)C)cc1. The molecular weight excluding hydrogens is 438 g/mol. The molecule has 0 aliphatic carbocycles. The molecule has 0 bridgehead atoms. The van der Waals surface area contributed by atoms with Gasteiger partial charge in [0, 0.05) is 28.9 Å². The third-order valence-electron chi connectivity index (χ3n) is 5.45. The molecule has 0 fully saturated rings. The van der Waals surface area contributed by atoms with Crippen LogP contribution in [0, 0.1) is 12.8 Å². The van der Waals surface area contributed by atoms with Crippen molar-refractivity contribution in [3.63, 3.8) is 0 Å². The minimum atomic E-state index is -0.592. The molecule has 3 rings (SSSR count). The average Bonchev–Trinajstić information content (AvgIpc) is 2.76. The summed E-state index contributed by atoms with van der Waals surface area (Å²) in [6, 6.07) is 17.4.